The van der Waals surface area contributed by atoms with Crippen molar-refractivity contribution in [2.75, 3.05) is 14.2 Å². The molecule has 0 radical (unpaired) electrons. The molecule has 1 aromatic rings. The van der Waals surface area contributed by atoms with E-state index >= 15 is 0 Å². The molecular formula is C10H10BrFO4. The molecule has 4 nitrogen and oxygen atoms in total. The van der Waals surface area contributed by atoms with E-state index in [1.54, 1.807) is 0 Å². The minimum absolute atomic E-state index is 0.00912. The number of rotatable bonds is 3. The zero-order valence-corrected chi connectivity index (χ0v) is 10.2. The smallest absolute Gasteiger partial charge is 0.345 e. The van der Waals surface area contributed by atoms with Gasteiger partial charge >= 0.3 is 5.97 Å². The maximum absolute atomic E-state index is 13.5. The number of carbonyl (C=O) groups is 1. The molecule has 0 amide bonds. The van der Waals surface area contributed by atoms with Crippen LogP contribution in [0.25, 0.3) is 0 Å². The standard InChI is InChI=1S/C10H10BrFO4/c1-15-8-4-6(11)5(3-7(8)13)9(12)10(14)16-2/h3-4,9,13H,1-2H3. The van der Waals surface area contributed by atoms with E-state index in [4.69, 9.17) is 4.74 Å². The van der Waals surface area contributed by atoms with Gasteiger partial charge < -0.3 is 14.6 Å². The lowest BCUT2D eigenvalue weighted by molar-refractivity contribution is -0.146. The first-order valence-corrected chi connectivity index (χ1v) is 5.08. The Hall–Kier alpha value is -1.30. The topological polar surface area (TPSA) is 55.8 Å². The van der Waals surface area contributed by atoms with Crippen molar-refractivity contribution < 1.29 is 23.8 Å². The monoisotopic (exact) mass is 292 g/mol. The van der Waals surface area contributed by atoms with Gasteiger partial charge in [0, 0.05) is 10.0 Å². The highest BCUT2D eigenvalue weighted by Gasteiger charge is 2.24. The molecule has 0 bridgehead atoms. The summed E-state index contributed by atoms with van der Waals surface area (Å²) in [5.41, 5.74) is -0.00912. The summed E-state index contributed by atoms with van der Waals surface area (Å²) in [6.45, 7) is 0. The maximum Gasteiger partial charge on any atom is 0.345 e. The number of phenols is 1. The third kappa shape index (κ3) is 2.44. The van der Waals surface area contributed by atoms with Crippen LogP contribution in [0.1, 0.15) is 11.7 Å². The Balaban J connectivity index is 3.15. The number of benzene rings is 1. The van der Waals surface area contributed by atoms with E-state index in [1.807, 2.05) is 0 Å². The largest absolute Gasteiger partial charge is 0.504 e. The van der Waals surface area contributed by atoms with Crippen molar-refractivity contribution in [3.05, 3.63) is 22.2 Å². The molecule has 0 aliphatic heterocycles. The van der Waals surface area contributed by atoms with E-state index in [2.05, 4.69) is 20.7 Å². The lowest BCUT2D eigenvalue weighted by Gasteiger charge is -2.11. The van der Waals surface area contributed by atoms with Gasteiger partial charge in [-0.1, -0.05) is 15.9 Å². The average Bonchev–Trinajstić information content (AvgIpc) is 2.29. The van der Waals surface area contributed by atoms with Crippen LogP contribution in [0.4, 0.5) is 4.39 Å². The third-order valence-corrected chi connectivity index (χ3v) is 2.67. The number of alkyl halides is 1. The van der Waals surface area contributed by atoms with Crippen molar-refractivity contribution in [3.8, 4) is 11.5 Å². The van der Waals surface area contributed by atoms with Crippen LogP contribution < -0.4 is 4.74 Å². The van der Waals surface area contributed by atoms with Gasteiger partial charge in [-0.25, -0.2) is 9.18 Å². The zero-order chi connectivity index (χ0) is 12.3. The van der Waals surface area contributed by atoms with Crippen molar-refractivity contribution in [3.63, 3.8) is 0 Å². The second kappa shape index (κ2) is 5.16. The molecule has 6 heteroatoms. The Morgan fingerprint density at radius 3 is 2.62 bits per heavy atom. The first-order chi connectivity index (χ1) is 7.51. The molecule has 1 N–H and O–H groups in total. The molecule has 0 aliphatic carbocycles. The second-order valence-electron chi connectivity index (χ2n) is 2.93. The van der Waals surface area contributed by atoms with Crippen molar-refractivity contribution in [2.45, 2.75) is 6.17 Å². The maximum atomic E-state index is 13.5. The van der Waals surface area contributed by atoms with Crippen molar-refractivity contribution in [1.29, 1.82) is 0 Å². The molecule has 1 rings (SSSR count). The first-order valence-electron chi connectivity index (χ1n) is 4.29. The van der Waals surface area contributed by atoms with E-state index < -0.39 is 12.1 Å². The molecule has 0 saturated heterocycles. The fraction of sp³-hybridized carbons (Fsp3) is 0.300. The Kier molecular flexibility index (Phi) is 4.12. The number of aromatic hydroxyl groups is 1. The van der Waals surface area contributed by atoms with Gasteiger partial charge in [0.1, 0.15) is 0 Å². The summed E-state index contributed by atoms with van der Waals surface area (Å²) in [5.74, 6) is -1.08. The molecule has 16 heavy (non-hydrogen) atoms. The van der Waals surface area contributed by atoms with Crippen LogP contribution in [-0.4, -0.2) is 25.3 Å². The number of halogens is 2. The molecule has 0 aliphatic rings. The van der Waals surface area contributed by atoms with Crippen molar-refractivity contribution >= 4 is 21.9 Å². The number of esters is 1. The van der Waals surface area contributed by atoms with Crippen LogP contribution in [0.2, 0.25) is 0 Å². The summed E-state index contributed by atoms with van der Waals surface area (Å²) in [6, 6.07) is 2.49. The van der Waals surface area contributed by atoms with Crippen molar-refractivity contribution in [2.24, 2.45) is 0 Å². The second-order valence-corrected chi connectivity index (χ2v) is 3.79. The Bertz CT molecular complexity index is 408. The van der Waals surface area contributed by atoms with Gasteiger partial charge in [0.25, 0.3) is 0 Å². The van der Waals surface area contributed by atoms with Gasteiger partial charge in [0.05, 0.1) is 14.2 Å². The van der Waals surface area contributed by atoms with E-state index in [0.717, 1.165) is 13.2 Å². The SMILES string of the molecule is COC(=O)C(F)c1cc(O)c(OC)cc1Br. The fourth-order valence-electron chi connectivity index (χ4n) is 1.15. The van der Waals surface area contributed by atoms with Gasteiger partial charge in [-0.05, 0) is 12.1 Å². The number of phenolic OH excluding ortho intramolecular Hbond substituents is 1. The van der Waals surface area contributed by atoms with Crippen LogP contribution in [0.3, 0.4) is 0 Å². The van der Waals surface area contributed by atoms with Gasteiger partial charge in [-0.3, -0.25) is 0 Å². The fourth-order valence-corrected chi connectivity index (χ4v) is 1.67. The minimum Gasteiger partial charge on any atom is -0.504 e. The Labute approximate surface area is 100 Å². The van der Waals surface area contributed by atoms with E-state index in [0.29, 0.717) is 4.47 Å². The number of ether oxygens (including phenoxy) is 2. The molecule has 0 heterocycles. The normalized spacial score (nSPS) is 12.0. The highest BCUT2D eigenvalue weighted by Crippen LogP contribution is 2.36. The van der Waals surface area contributed by atoms with Gasteiger partial charge in [0.2, 0.25) is 6.17 Å². The number of hydrogen-bond acceptors (Lipinski definition) is 4. The molecule has 1 atom stereocenters. The minimum atomic E-state index is -1.95. The number of carbonyl (C=O) groups excluding carboxylic acids is 1. The summed E-state index contributed by atoms with van der Waals surface area (Å²) in [4.78, 5) is 11.0. The van der Waals surface area contributed by atoms with Crippen LogP contribution >= 0.6 is 15.9 Å². The summed E-state index contributed by atoms with van der Waals surface area (Å²) >= 11 is 3.08. The Morgan fingerprint density at radius 1 is 1.50 bits per heavy atom. The lowest BCUT2D eigenvalue weighted by Crippen LogP contribution is -2.10. The highest BCUT2D eigenvalue weighted by atomic mass is 79.9. The molecule has 1 unspecified atom stereocenters. The van der Waals surface area contributed by atoms with Gasteiger partial charge in [-0.15, -0.1) is 0 Å². The predicted molar refractivity (Wildman–Crippen MR) is 58.2 cm³/mol. The number of hydrogen-bond donors (Lipinski definition) is 1. The molecule has 1 aromatic carbocycles. The molecule has 88 valence electrons. The summed E-state index contributed by atoms with van der Waals surface area (Å²) in [7, 11) is 2.46. The zero-order valence-electron chi connectivity index (χ0n) is 8.66. The third-order valence-electron chi connectivity index (χ3n) is 1.98. The van der Waals surface area contributed by atoms with Crippen LogP contribution in [0.15, 0.2) is 16.6 Å². The van der Waals surface area contributed by atoms with E-state index in [9.17, 15) is 14.3 Å². The van der Waals surface area contributed by atoms with Crippen LogP contribution in [0, 0.1) is 0 Å². The molecular weight excluding hydrogens is 283 g/mol. The molecule has 0 saturated carbocycles. The highest BCUT2D eigenvalue weighted by molar-refractivity contribution is 9.10. The van der Waals surface area contributed by atoms with E-state index in [-0.39, 0.29) is 17.1 Å². The molecule has 0 spiro atoms. The van der Waals surface area contributed by atoms with Gasteiger partial charge in [-0.2, -0.15) is 0 Å². The number of methoxy groups -OCH3 is 2. The van der Waals surface area contributed by atoms with Gasteiger partial charge in [0.15, 0.2) is 11.5 Å². The molecule has 0 aromatic heterocycles. The first kappa shape index (κ1) is 12.8. The average molecular weight is 293 g/mol. The predicted octanol–water partition coefficient (Wildman–Crippen LogP) is 2.35. The van der Waals surface area contributed by atoms with Crippen LogP contribution in [-0.2, 0) is 9.53 Å². The van der Waals surface area contributed by atoms with Crippen molar-refractivity contribution in [1.82, 2.24) is 0 Å². The summed E-state index contributed by atoms with van der Waals surface area (Å²) in [6.07, 6.45) is -1.95. The lowest BCUT2D eigenvalue weighted by atomic mass is 10.1. The van der Waals surface area contributed by atoms with Crippen LogP contribution in [0.5, 0.6) is 11.5 Å². The summed E-state index contributed by atoms with van der Waals surface area (Å²) < 4.78 is 23.0. The quantitative estimate of drug-likeness (QED) is 0.869. The van der Waals surface area contributed by atoms with E-state index in [1.165, 1.54) is 13.2 Å². The molecule has 0 fully saturated rings. The Morgan fingerprint density at radius 2 is 2.12 bits per heavy atom. The summed E-state index contributed by atoms with van der Waals surface area (Å²) in [5, 5.41) is 9.45.